The van der Waals surface area contributed by atoms with E-state index < -0.39 is 0 Å². The van der Waals surface area contributed by atoms with Gasteiger partial charge in [-0.1, -0.05) is 25.3 Å². The van der Waals surface area contributed by atoms with Crippen molar-refractivity contribution in [2.75, 3.05) is 31.2 Å². The molecular weight excluding hydrogens is 478 g/mol. The highest BCUT2D eigenvalue weighted by atomic mass is 32.1. The molecule has 2 unspecified atom stereocenters. The quantitative estimate of drug-likeness (QED) is 0.445. The number of hydrogen-bond donors (Lipinski definition) is 1. The predicted molar refractivity (Wildman–Crippen MR) is 152 cm³/mol. The van der Waals surface area contributed by atoms with E-state index in [1.165, 1.54) is 60.4 Å². The Labute approximate surface area is 225 Å². The van der Waals surface area contributed by atoms with E-state index in [9.17, 15) is 0 Å². The van der Waals surface area contributed by atoms with Crippen molar-refractivity contribution in [1.82, 2.24) is 19.8 Å². The number of benzene rings is 1. The molecule has 4 heterocycles. The van der Waals surface area contributed by atoms with Gasteiger partial charge in [0, 0.05) is 48.1 Å². The van der Waals surface area contributed by atoms with Crippen LogP contribution in [0.5, 0.6) is 0 Å². The van der Waals surface area contributed by atoms with Gasteiger partial charge in [-0.05, 0) is 86.9 Å². The smallest absolute Gasteiger partial charge is 0.170 e. The van der Waals surface area contributed by atoms with E-state index in [0.717, 1.165) is 37.1 Å². The van der Waals surface area contributed by atoms with Gasteiger partial charge in [-0.2, -0.15) is 0 Å². The molecule has 2 aromatic heterocycles. The molecule has 3 aromatic rings. The summed E-state index contributed by atoms with van der Waals surface area (Å²) in [7, 11) is 0. The fourth-order valence-corrected chi connectivity index (χ4v) is 6.96. The van der Waals surface area contributed by atoms with Gasteiger partial charge >= 0.3 is 0 Å². The summed E-state index contributed by atoms with van der Waals surface area (Å²) in [5.74, 6) is 0. The first-order valence-electron chi connectivity index (χ1n) is 13.7. The lowest BCUT2D eigenvalue weighted by atomic mass is 9.90. The van der Waals surface area contributed by atoms with E-state index in [-0.39, 0.29) is 12.1 Å². The summed E-state index contributed by atoms with van der Waals surface area (Å²) in [5, 5.41) is 4.54. The fraction of sp³-hybridized carbons (Fsp3) is 0.467. The molecule has 1 aliphatic carbocycles. The van der Waals surface area contributed by atoms with E-state index in [1.807, 2.05) is 12.3 Å². The van der Waals surface area contributed by atoms with Crippen molar-refractivity contribution < 1.29 is 4.74 Å². The highest BCUT2D eigenvalue weighted by Crippen LogP contribution is 2.44. The molecule has 3 aliphatic rings. The molecule has 2 saturated heterocycles. The maximum atomic E-state index is 5.99. The Kier molecular flexibility index (Phi) is 6.91. The molecule has 0 bridgehead atoms. The molecule has 0 amide bonds. The molecule has 6 nitrogen and oxygen atoms in total. The highest BCUT2D eigenvalue weighted by molar-refractivity contribution is 7.80. The second kappa shape index (κ2) is 10.5. The molecule has 194 valence electrons. The molecule has 2 atom stereocenters. The molecule has 1 N–H and O–H groups in total. The number of thiocarbonyl (C=S) groups is 1. The zero-order valence-electron chi connectivity index (χ0n) is 21.9. The van der Waals surface area contributed by atoms with Crippen LogP contribution in [-0.4, -0.2) is 51.9 Å². The number of anilines is 1. The number of nitrogens with zero attached hydrogens (tertiary/aromatic N) is 4. The zero-order valence-corrected chi connectivity index (χ0v) is 22.7. The number of hydrogen-bond acceptors (Lipinski definition) is 4. The van der Waals surface area contributed by atoms with Gasteiger partial charge in [0.25, 0.3) is 0 Å². The Bertz CT molecular complexity index is 1230. The monoisotopic (exact) mass is 515 g/mol. The number of morpholine rings is 1. The first-order valence-corrected chi connectivity index (χ1v) is 14.1. The third kappa shape index (κ3) is 4.64. The second-order valence-corrected chi connectivity index (χ2v) is 11.0. The highest BCUT2D eigenvalue weighted by Gasteiger charge is 2.44. The van der Waals surface area contributed by atoms with Crippen molar-refractivity contribution in [2.24, 2.45) is 0 Å². The van der Waals surface area contributed by atoms with Crippen LogP contribution in [0.3, 0.4) is 0 Å². The third-order valence-corrected chi connectivity index (χ3v) is 8.71. The third-order valence-electron chi connectivity index (χ3n) is 8.38. The number of rotatable bonds is 5. The summed E-state index contributed by atoms with van der Waals surface area (Å²) in [5.41, 5.74) is 7.36. The van der Waals surface area contributed by atoms with Crippen LogP contribution >= 0.6 is 12.2 Å². The van der Waals surface area contributed by atoms with Crippen LogP contribution in [0.4, 0.5) is 5.69 Å². The molecule has 1 saturated carbocycles. The number of aryl methyl sites for hydroxylation is 1. The molecule has 6 rings (SSSR count). The summed E-state index contributed by atoms with van der Waals surface area (Å²) in [4.78, 5) is 9.67. The number of nitrogens with one attached hydrogen (secondary N) is 1. The van der Waals surface area contributed by atoms with Crippen molar-refractivity contribution in [2.45, 2.75) is 64.1 Å². The van der Waals surface area contributed by atoms with Gasteiger partial charge in [-0.15, -0.1) is 0 Å². The van der Waals surface area contributed by atoms with Crippen molar-refractivity contribution in [3.05, 3.63) is 77.4 Å². The number of aromatic nitrogens is 2. The standard InChI is InChI=1S/C30H37N5OS/c1-21-20-26(22(2)34(21)25-13-11-23(12-14-25)33-16-18-36-19-17-33)29-28(27-10-6-7-15-31-27)32-30(37)35(29)24-8-4-3-5-9-24/h6-7,10-15,20,24,28-29H,3-5,8-9,16-19H2,1-2H3,(H,32,37). The zero-order chi connectivity index (χ0) is 25.4. The summed E-state index contributed by atoms with van der Waals surface area (Å²) in [6, 6.07) is 18.2. The van der Waals surface area contributed by atoms with E-state index in [0.29, 0.717) is 6.04 Å². The Morgan fingerprint density at radius 3 is 2.38 bits per heavy atom. The Hall–Kier alpha value is -2.90. The van der Waals surface area contributed by atoms with Gasteiger partial charge in [-0.25, -0.2) is 0 Å². The Balaban J connectivity index is 1.37. The first kappa shape index (κ1) is 24.4. The van der Waals surface area contributed by atoms with E-state index in [4.69, 9.17) is 21.9 Å². The second-order valence-electron chi connectivity index (χ2n) is 10.6. The van der Waals surface area contributed by atoms with Gasteiger partial charge in [0.05, 0.1) is 31.0 Å². The maximum absolute atomic E-state index is 5.99. The molecule has 37 heavy (non-hydrogen) atoms. The van der Waals surface area contributed by atoms with Gasteiger partial charge in [0.15, 0.2) is 5.11 Å². The van der Waals surface area contributed by atoms with E-state index >= 15 is 0 Å². The topological polar surface area (TPSA) is 45.6 Å². The van der Waals surface area contributed by atoms with Crippen molar-refractivity contribution in [1.29, 1.82) is 0 Å². The van der Waals surface area contributed by atoms with Crippen LogP contribution in [0, 0.1) is 13.8 Å². The van der Waals surface area contributed by atoms with E-state index in [2.05, 4.69) is 76.0 Å². The van der Waals surface area contributed by atoms with Crippen LogP contribution in [0.15, 0.2) is 54.7 Å². The number of ether oxygens (including phenoxy) is 1. The van der Waals surface area contributed by atoms with Crippen LogP contribution in [0.2, 0.25) is 0 Å². The molecule has 3 fully saturated rings. The van der Waals surface area contributed by atoms with Gasteiger partial charge in [-0.3, -0.25) is 4.98 Å². The van der Waals surface area contributed by atoms with Crippen LogP contribution in [0.25, 0.3) is 5.69 Å². The average molecular weight is 516 g/mol. The minimum absolute atomic E-state index is 0.0354. The normalized spacial score (nSPS) is 22.9. The van der Waals surface area contributed by atoms with Crippen LogP contribution in [-0.2, 0) is 4.74 Å². The molecule has 2 aliphatic heterocycles. The molecule has 0 spiro atoms. The molecule has 1 aromatic carbocycles. The number of pyridine rings is 1. The van der Waals surface area contributed by atoms with E-state index in [1.54, 1.807) is 0 Å². The van der Waals surface area contributed by atoms with Crippen molar-refractivity contribution in [3.8, 4) is 5.69 Å². The minimum atomic E-state index is 0.0354. The van der Waals surface area contributed by atoms with Crippen molar-refractivity contribution >= 4 is 23.0 Å². The van der Waals surface area contributed by atoms with Crippen LogP contribution in [0.1, 0.15) is 66.8 Å². The average Bonchev–Trinajstić information content (AvgIpc) is 3.45. The Morgan fingerprint density at radius 2 is 1.68 bits per heavy atom. The predicted octanol–water partition coefficient (Wildman–Crippen LogP) is 5.63. The molecule has 0 radical (unpaired) electrons. The summed E-state index contributed by atoms with van der Waals surface area (Å²) in [6.45, 7) is 7.97. The minimum Gasteiger partial charge on any atom is -0.378 e. The summed E-state index contributed by atoms with van der Waals surface area (Å²) < 4.78 is 7.93. The van der Waals surface area contributed by atoms with Gasteiger partial charge < -0.3 is 24.4 Å². The molecular formula is C30H37N5OS. The lowest BCUT2D eigenvalue weighted by molar-refractivity contribution is 0.122. The van der Waals surface area contributed by atoms with Gasteiger partial charge in [0.2, 0.25) is 0 Å². The van der Waals surface area contributed by atoms with Crippen LogP contribution < -0.4 is 10.2 Å². The lowest BCUT2D eigenvalue weighted by Crippen LogP contribution is -2.40. The summed E-state index contributed by atoms with van der Waals surface area (Å²) >= 11 is 5.99. The fourth-order valence-electron chi connectivity index (χ4n) is 6.57. The lowest BCUT2D eigenvalue weighted by Gasteiger charge is -2.37. The largest absolute Gasteiger partial charge is 0.378 e. The SMILES string of the molecule is Cc1cc(C2C(c3ccccn3)NC(=S)N2C2CCCCC2)c(C)n1-c1ccc(N2CCOCC2)cc1. The first-order chi connectivity index (χ1) is 18.1. The van der Waals surface area contributed by atoms with Crippen molar-refractivity contribution in [3.63, 3.8) is 0 Å². The Morgan fingerprint density at radius 1 is 0.946 bits per heavy atom. The molecule has 7 heteroatoms. The van der Waals surface area contributed by atoms with Gasteiger partial charge in [0.1, 0.15) is 0 Å². The summed E-state index contributed by atoms with van der Waals surface area (Å²) in [6.07, 6.45) is 8.18. The maximum Gasteiger partial charge on any atom is 0.170 e.